The molecule has 2 heteroatoms. The molecular weight excluding hydrogens is 693 g/mol. The standard InChI is InChI=1S/C14H30.2C14H2.C13H24O.H2O.H2/c1-5-9-12-13(8-4)14(10-6-2)11-7-3;2*1-3-5-7-9-11-13-14-12-10-8-6-4-2;1-5-9-11(7-3)12(8-4)13(14)10-6-2;;/h13-14H,5-12H2,1-4H3;2*1-2H;5-10H2,1-4H3;1H2;1H/b;;;12-11-;;. The molecule has 0 aliphatic rings. The van der Waals surface area contributed by atoms with Crippen molar-refractivity contribution < 1.29 is 11.7 Å². The predicted octanol–water partition coefficient (Wildman–Crippen LogP) is 9.65. The first kappa shape index (κ1) is 59.5. The molecule has 0 aromatic heterocycles. The molecule has 0 spiro atoms. The summed E-state index contributed by atoms with van der Waals surface area (Å²) >= 11 is 0. The molecule has 0 aromatic rings. The van der Waals surface area contributed by atoms with Crippen molar-refractivity contribution in [3.05, 3.63) is 11.1 Å². The number of terminal acetylenes is 4. The van der Waals surface area contributed by atoms with E-state index in [4.69, 9.17) is 25.7 Å². The van der Waals surface area contributed by atoms with Gasteiger partial charge in [-0.05, 0) is 185 Å². The van der Waals surface area contributed by atoms with E-state index in [9.17, 15) is 4.79 Å². The zero-order chi connectivity index (χ0) is 42.8. The van der Waals surface area contributed by atoms with Crippen LogP contribution in [0.15, 0.2) is 11.1 Å². The van der Waals surface area contributed by atoms with Crippen molar-refractivity contribution in [1.82, 2.24) is 0 Å². The summed E-state index contributed by atoms with van der Waals surface area (Å²) < 4.78 is 0. The highest BCUT2D eigenvalue weighted by Crippen LogP contribution is 2.29. The average Bonchev–Trinajstić information content (AvgIpc) is 3.20. The summed E-state index contributed by atoms with van der Waals surface area (Å²) in [5, 5.41) is 0. The van der Waals surface area contributed by atoms with Crippen LogP contribution >= 0.6 is 0 Å². The fourth-order valence-electron chi connectivity index (χ4n) is 5.11. The van der Waals surface area contributed by atoms with Gasteiger partial charge in [0, 0.05) is 7.85 Å². The van der Waals surface area contributed by atoms with Gasteiger partial charge in [0.2, 0.25) is 0 Å². The van der Waals surface area contributed by atoms with E-state index in [-0.39, 0.29) is 6.90 Å². The zero-order valence-corrected chi connectivity index (χ0v) is 35.8. The number of Topliss-reactive ketones (excluding diaryl/α,β-unsaturated/α-hetero) is 1. The molecular formula is C55H62O2. The van der Waals surface area contributed by atoms with Crippen LogP contribution in [0, 0.1) is 180 Å². The van der Waals surface area contributed by atoms with Crippen LogP contribution in [0.1, 0.15) is 147 Å². The molecule has 0 fully saturated rings. The summed E-state index contributed by atoms with van der Waals surface area (Å²) in [4.78, 5) is 11.8. The van der Waals surface area contributed by atoms with Gasteiger partial charge >= 0.3 is 0 Å². The van der Waals surface area contributed by atoms with E-state index in [1.165, 1.54) is 56.9 Å². The first-order valence-corrected chi connectivity index (χ1v) is 19.4. The van der Waals surface area contributed by atoms with Crippen LogP contribution in [-0.4, -0.2) is 11.3 Å². The van der Waals surface area contributed by atoms with Crippen LogP contribution in [0.25, 0.3) is 0 Å². The molecule has 0 rings (SSSR count). The minimum absolute atomic E-state index is 0. The van der Waals surface area contributed by atoms with Crippen molar-refractivity contribution in [2.75, 3.05) is 0 Å². The van der Waals surface area contributed by atoms with E-state index in [0.717, 1.165) is 55.9 Å². The average molecular weight is 755 g/mol. The van der Waals surface area contributed by atoms with Gasteiger partial charge in [-0.25, -0.2) is 0 Å². The van der Waals surface area contributed by atoms with Crippen molar-refractivity contribution in [2.24, 2.45) is 11.8 Å². The maximum atomic E-state index is 11.8. The molecule has 0 saturated heterocycles. The van der Waals surface area contributed by atoms with Crippen LogP contribution in [0.3, 0.4) is 0 Å². The van der Waals surface area contributed by atoms with Crippen molar-refractivity contribution >= 4 is 5.78 Å². The van der Waals surface area contributed by atoms with Gasteiger partial charge < -0.3 is 5.48 Å². The molecule has 0 heterocycles. The van der Waals surface area contributed by atoms with Gasteiger partial charge in [0.05, 0.1) is 0 Å². The number of hydrogen-bond donors (Lipinski definition) is 0. The fraction of sp³-hybridized carbons (Fsp3) is 0.436. The van der Waals surface area contributed by atoms with Gasteiger partial charge in [-0.1, -0.05) is 119 Å². The van der Waals surface area contributed by atoms with E-state index >= 15 is 0 Å². The van der Waals surface area contributed by atoms with Gasteiger partial charge in [0.25, 0.3) is 0 Å². The Hall–Kier alpha value is -6.79. The largest absolute Gasteiger partial charge is 0.412 e. The van der Waals surface area contributed by atoms with Crippen LogP contribution in [-0.2, 0) is 4.79 Å². The Morgan fingerprint density at radius 3 is 0.982 bits per heavy atom. The number of rotatable bonds is 16. The van der Waals surface area contributed by atoms with Crippen LogP contribution in [0.5, 0.6) is 0 Å². The van der Waals surface area contributed by atoms with Gasteiger partial charge in [-0.15, -0.1) is 25.7 Å². The summed E-state index contributed by atoms with van der Waals surface area (Å²) in [7, 11) is 0. The molecule has 0 bridgehead atoms. The maximum absolute atomic E-state index is 11.8. The Kier molecular flexibility index (Phi) is 55.9. The first-order valence-electron chi connectivity index (χ1n) is 19.4. The van der Waals surface area contributed by atoms with Crippen LogP contribution in [0.2, 0.25) is 0 Å². The van der Waals surface area contributed by atoms with Gasteiger partial charge in [0.1, 0.15) is 0 Å². The van der Waals surface area contributed by atoms with Gasteiger partial charge in [-0.2, -0.15) is 0 Å². The minimum Gasteiger partial charge on any atom is -0.412 e. The predicted molar refractivity (Wildman–Crippen MR) is 248 cm³/mol. The highest BCUT2D eigenvalue weighted by molar-refractivity contribution is 5.95. The Balaban J connectivity index is -0.000000154. The molecule has 294 valence electrons. The molecule has 0 aromatic carbocycles. The van der Waals surface area contributed by atoms with E-state index in [2.05, 4.69) is 197 Å². The monoisotopic (exact) mass is 754 g/mol. The first-order chi connectivity index (χ1) is 27.3. The molecule has 0 amide bonds. The second-order valence-electron chi connectivity index (χ2n) is 11.4. The summed E-state index contributed by atoms with van der Waals surface area (Å²) in [6.07, 6.45) is 36.6. The van der Waals surface area contributed by atoms with E-state index in [1.807, 2.05) is 0 Å². The van der Waals surface area contributed by atoms with E-state index < -0.39 is 0 Å². The molecule has 0 saturated carbocycles. The van der Waals surface area contributed by atoms with Crippen molar-refractivity contribution in [1.29, 1.82) is 0 Å². The number of unbranched alkanes of at least 4 members (excludes halogenated alkanes) is 1. The SMILES string of the molecule is C#CC#CC#CC#CC#CC#CC#C.C#CC#CC#CC#CC#CC#CC#C.CCCC(=O)/C(CC)=C(/CC)CCC.CCCCC(CC)C(CCC)CCC.O.[HH]. The zero-order valence-electron chi connectivity index (χ0n) is 35.8. The summed E-state index contributed by atoms with van der Waals surface area (Å²) in [6.45, 7) is 17.8. The lowest BCUT2D eigenvalue weighted by molar-refractivity contribution is -0.115. The second-order valence-corrected chi connectivity index (χ2v) is 11.4. The molecule has 57 heavy (non-hydrogen) atoms. The summed E-state index contributed by atoms with van der Waals surface area (Å²) in [5.74, 6) is 59.0. The molecule has 1 unspecified atom stereocenters. The molecule has 0 aliphatic carbocycles. The van der Waals surface area contributed by atoms with Crippen molar-refractivity contribution in [3.8, 4) is 168 Å². The minimum atomic E-state index is 0. The van der Waals surface area contributed by atoms with Crippen molar-refractivity contribution in [3.63, 3.8) is 0 Å². The highest BCUT2D eigenvalue weighted by atomic mass is 16.1. The third-order valence-electron chi connectivity index (χ3n) is 7.42. The number of allylic oxidation sites excluding steroid dienone is 2. The number of hydrogen-bond acceptors (Lipinski definition) is 1. The number of ketones is 1. The summed E-state index contributed by atoms with van der Waals surface area (Å²) in [5.41, 5.74) is 2.49. The lowest BCUT2D eigenvalue weighted by Crippen LogP contribution is -2.14. The third kappa shape index (κ3) is 45.3. The van der Waals surface area contributed by atoms with Gasteiger partial charge in [-0.3, -0.25) is 4.79 Å². The topological polar surface area (TPSA) is 48.6 Å². The maximum Gasteiger partial charge on any atom is 0.158 e. The molecule has 2 N–H and O–H groups in total. The van der Waals surface area contributed by atoms with Gasteiger partial charge in [0.15, 0.2) is 5.78 Å². The van der Waals surface area contributed by atoms with E-state index in [0.29, 0.717) is 5.78 Å². The number of carbonyl (C=O) groups excluding carboxylic acids is 1. The third-order valence-corrected chi connectivity index (χ3v) is 7.42. The normalized spacial score (nSPS) is 8.16. The lowest BCUT2D eigenvalue weighted by Gasteiger charge is -2.25. The van der Waals surface area contributed by atoms with Crippen LogP contribution in [0.4, 0.5) is 0 Å². The summed E-state index contributed by atoms with van der Waals surface area (Å²) in [6, 6.07) is 0. The highest BCUT2D eigenvalue weighted by Gasteiger charge is 2.17. The second kappa shape index (κ2) is 53.6. The lowest BCUT2D eigenvalue weighted by atomic mass is 9.80. The Morgan fingerprint density at radius 2 is 0.754 bits per heavy atom. The number of carbonyl (C=O) groups is 1. The Bertz CT molecular complexity index is 1790. The van der Waals surface area contributed by atoms with Crippen LogP contribution < -0.4 is 0 Å². The molecule has 0 aliphatic heterocycles. The van der Waals surface area contributed by atoms with Crippen molar-refractivity contribution in [2.45, 2.75) is 145 Å². The smallest absolute Gasteiger partial charge is 0.158 e. The fourth-order valence-corrected chi connectivity index (χ4v) is 5.11. The molecule has 2 nitrogen and oxygen atoms in total. The molecule has 0 radical (unpaired) electrons. The molecule has 1 atom stereocenters. The quantitative estimate of drug-likeness (QED) is 0.114. The Labute approximate surface area is 352 Å². The van der Waals surface area contributed by atoms with E-state index in [1.54, 1.807) is 0 Å². The Morgan fingerprint density at radius 1 is 0.421 bits per heavy atom.